The van der Waals surface area contributed by atoms with Crippen LogP contribution in [0.15, 0.2) is 58.3 Å². The zero-order valence-electron chi connectivity index (χ0n) is 16.8. The van der Waals surface area contributed by atoms with Crippen LogP contribution in [-0.2, 0) is 38.1 Å². The minimum atomic E-state index is -4.40. The van der Waals surface area contributed by atoms with Gasteiger partial charge in [-0.2, -0.15) is 16.8 Å². The highest BCUT2D eigenvalue weighted by Crippen LogP contribution is 2.33. The van der Waals surface area contributed by atoms with Gasteiger partial charge in [-0.25, -0.2) is 8.98 Å². The Hall–Kier alpha value is -2.31. The smallest absolute Gasteiger partial charge is 0.342 e. The minimum absolute atomic E-state index is 0.0750. The lowest BCUT2D eigenvalue weighted by molar-refractivity contribution is -0.155. The van der Waals surface area contributed by atoms with Gasteiger partial charge in [0.05, 0.1) is 16.4 Å². The van der Waals surface area contributed by atoms with Crippen LogP contribution in [0, 0.1) is 13.8 Å². The van der Waals surface area contributed by atoms with Crippen LogP contribution >= 0.6 is 0 Å². The molecule has 0 bridgehead atoms. The van der Waals surface area contributed by atoms with E-state index in [2.05, 4.69) is 0 Å². The molecule has 11 heteroatoms. The standard InChI is InChI=1S/C20H22O9S2/c1-14-3-7-17(8-4-14)30(23,24)27-12-16-11-20(13-21,19(22)28-16)29-31(25,26)18-9-5-15(2)6-10-18/h3-10,16,21H,11-13H2,1-2H3. The maximum atomic E-state index is 12.6. The highest BCUT2D eigenvalue weighted by atomic mass is 32.2. The zero-order chi connectivity index (χ0) is 22.9. The summed E-state index contributed by atoms with van der Waals surface area (Å²) in [6.45, 7) is 2.04. The molecular weight excluding hydrogens is 448 g/mol. The van der Waals surface area contributed by atoms with Gasteiger partial charge in [0.1, 0.15) is 12.7 Å². The van der Waals surface area contributed by atoms with Crippen LogP contribution in [0.4, 0.5) is 0 Å². The molecular formula is C20H22O9S2. The zero-order valence-corrected chi connectivity index (χ0v) is 18.5. The van der Waals surface area contributed by atoms with E-state index in [4.69, 9.17) is 13.1 Å². The van der Waals surface area contributed by atoms with Crippen LogP contribution in [0.5, 0.6) is 0 Å². The predicted molar refractivity (Wildman–Crippen MR) is 108 cm³/mol. The number of esters is 1. The second-order valence-electron chi connectivity index (χ2n) is 7.29. The quantitative estimate of drug-likeness (QED) is 0.449. The highest BCUT2D eigenvalue weighted by molar-refractivity contribution is 7.87. The van der Waals surface area contributed by atoms with Gasteiger partial charge in [0, 0.05) is 6.42 Å². The summed E-state index contributed by atoms with van der Waals surface area (Å²) in [6.07, 6.45) is -1.54. The van der Waals surface area contributed by atoms with E-state index in [0.29, 0.717) is 0 Å². The third kappa shape index (κ3) is 5.13. The van der Waals surface area contributed by atoms with Gasteiger partial charge in [0.25, 0.3) is 20.2 Å². The highest BCUT2D eigenvalue weighted by Gasteiger charge is 2.53. The Morgan fingerprint density at radius 2 is 1.42 bits per heavy atom. The number of hydrogen-bond acceptors (Lipinski definition) is 9. The number of ether oxygens (including phenoxy) is 1. The molecule has 1 aliphatic rings. The van der Waals surface area contributed by atoms with Crippen molar-refractivity contribution in [3.8, 4) is 0 Å². The van der Waals surface area contributed by atoms with Crippen LogP contribution < -0.4 is 0 Å². The normalized spacial score (nSPS) is 21.8. The first-order valence-corrected chi connectivity index (χ1v) is 12.1. The molecule has 9 nitrogen and oxygen atoms in total. The molecule has 2 aromatic carbocycles. The topological polar surface area (TPSA) is 133 Å². The van der Waals surface area contributed by atoms with Gasteiger partial charge in [-0.1, -0.05) is 35.4 Å². The number of aliphatic hydroxyl groups excluding tert-OH is 1. The Balaban J connectivity index is 1.72. The largest absolute Gasteiger partial charge is 0.457 e. The molecule has 0 saturated carbocycles. The average molecular weight is 471 g/mol. The van der Waals surface area contributed by atoms with E-state index in [9.17, 15) is 26.7 Å². The molecule has 1 aliphatic heterocycles. The van der Waals surface area contributed by atoms with Crippen molar-refractivity contribution in [1.82, 2.24) is 0 Å². The van der Waals surface area contributed by atoms with E-state index in [-0.39, 0.29) is 9.79 Å². The summed E-state index contributed by atoms with van der Waals surface area (Å²) in [5, 5.41) is 9.74. The number of carbonyl (C=O) groups is 1. The van der Waals surface area contributed by atoms with E-state index in [1.807, 2.05) is 0 Å². The molecule has 0 aromatic heterocycles. The molecule has 1 saturated heterocycles. The lowest BCUT2D eigenvalue weighted by Gasteiger charge is -2.22. The second kappa shape index (κ2) is 8.67. The van der Waals surface area contributed by atoms with Crippen LogP contribution in [0.3, 0.4) is 0 Å². The number of cyclic esters (lactones) is 1. The Bertz CT molecular complexity index is 1150. The van der Waals surface area contributed by atoms with E-state index < -0.39 is 57.5 Å². The number of carbonyl (C=O) groups excluding carboxylic acids is 1. The number of aryl methyl sites for hydroxylation is 2. The fourth-order valence-corrected chi connectivity index (χ4v) is 5.08. The van der Waals surface area contributed by atoms with Crippen LogP contribution in [0.1, 0.15) is 17.5 Å². The van der Waals surface area contributed by atoms with Crippen molar-refractivity contribution in [2.24, 2.45) is 0 Å². The fraction of sp³-hybridized carbons (Fsp3) is 0.350. The maximum Gasteiger partial charge on any atom is 0.342 e. The number of rotatable bonds is 8. The molecule has 0 spiro atoms. The number of hydrogen-bond donors (Lipinski definition) is 1. The fourth-order valence-electron chi connectivity index (χ4n) is 2.97. The molecule has 0 aliphatic carbocycles. The summed E-state index contributed by atoms with van der Waals surface area (Å²) in [6, 6.07) is 11.7. The molecule has 31 heavy (non-hydrogen) atoms. The van der Waals surface area contributed by atoms with Gasteiger partial charge in [-0.15, -0.1) is 0 Å². The van der Waals surface area contributed by atoms with Gasteiger partial charge in [0.2, 0.25) is 5.60 Å². The number of aliphatic hydroxyl groups is 1. The van der Waals surface area contributed by atoms with Crippen molar-refractivity contribution in [3.05, 3.63) is 59.7 Å². The van der Waals surface area contributed by atoms with E-state index >= 15 is 0 Å². The van der Waals surface area contributed by atoms with Crippen molar-refractivity contribution >= 4 is 26.2 Å². The summed E-state index contributed by atoms with van der Waals surface area (Å²) in [4.78, 5) is 12.1. The summed E-state index contributed by atoms with van der Waals surface area (Å²) in [5.41, 5.74) is -0.503. The van der Waals surface area contributed by atoms with Gasteiger partial charge in [-0.3, -0.25) is 4.18 Å². The first-order chi connectivity index (χ1) is 14.5. The summed E-state index contributed by atoms with van der Waals surface area (Å²) >= 11 is 0. The van der Waals surface area contributed by atoms with Crippen LogP contribution in [0.2, 0.25) is 0 Å². The Morgan fingerprint density at radius 1 is 0.935 bits per heavy atom. The van der Waals surface area contributed by atoms with Crippen molar-refractivity contribution in [1.29, 1.82) is 0 Å². The first-order valence-electron chi connectivity index (χ1n) is 9.28. The van der Waals surface area contributed by atoms with Crippen molar-refractivity contribution in [2.45, 2.75) is 41.8 Å². The lowest BCUT2D eigenvalue weighted by atomic mass is 10.0. The molecule has 1 fully saturated rings. The molecule has 2 aromatic rings. The van der Waals surface area contributed by atoms with Crippen molar-refractivity contribution in [2.75, 3.05) is 13.2 Å². The minimum Gasteiger partial charge on any atom is -0.457 e. The third-order valence-corrected chi connectivity index (χ3v) is 7.44. The SMILES string of the molecule is Cc1ccc(S(=O)(=O)OCC2CC(CO)(OS(=O)(=O)c3ccc(C)cc3)C(=O)O2)cc1. The van der Waals surface area contributed by atoms with E-state index in [0.717, 1.165) is 11.1 Å². The molecule has 2 unspecified atom stereocenters. The molecule has 3 rings (SSSR count). The Morgan fingerprint density at radius 3 is 1.90 bits per heavy atom. The maximum absolute atomic E-state index is 12.6. The summed E-state index contributed by atoms with van der Waals surface area (Å²) in [7, 11) is -8.52. The molecule has 1 heterocycles. The van der Waals surface area contributed by atoms with Gasteiger partial charge in [-0.05, 0) is 38.1 Å². The molecule has 1 N–H and O–H groups in total. The second-order valence-corrected chi connectivity index (χ2v) is 10.4. The number of benzene rings is 2. The van der Waals surface area contributed by atoms with Crippen LogP contribution in [0.25, 0.3) is 0 Å². The van der Waals surface area contributed by atoms with Crippen LogP contribution in [-0.4, -0.2) is 52.8 Å². The van der Waals surface area contributed by atoms with Crippen molar-refractivity contribution in [3.63, 3.8) is 0 Å². The first kappa shape index (κ1) is 23.4. The van der Waals surface area contributed by atoms with Crippen molar-refractivity contribution < 1.29 is 39.8 Å². The van der Waals surface area contributed by atoms with Gasteiger partial charge in [0.15, 0.2) is 0 Å². The Kier molecular flexibility index (Phi) is 6.53. The molecule has 0 radical (unpaired) electrons. The lowest BCUT2D eigenvalue weighted by Crippen LogP contribution is -2.43. The predicted octanol–water partition coefficient (Wildman–Crippen LogP) is 1.46. The molecule has 0 amide bonds. The average Bonchev–Trinajstić information content (AvgIpc) is 3.02. The summed E-state index contributed by atoms with van der Waals surface area (Å²) < 4.78 is 64.9. The van der Waals surface area contributed by atoms with E-state index in [1.165, 1.54) is 24.3 Å². The molecule has 168 valence electrons. The van der Waals surface area contributed by atoms with E-state index in [1.54, 1.807) is 38.1 Å². The summed E-state index contributed by atoms with van der Waals surface area (Å²) in [5.74, 6) is -1.12. The van der Waals surface area contributed by atoms with Gasteiger partial charge >= 0.3 is 5.97 Å². The molecule has 2 atom stereocenters. The Labute approximate surface area is 180 Å². The van der Waals surface area contributed by atoms with Gasteiger partial charge < -0.3 is 9.84 Å². The monoisotopic (exact) mass is 470 g/mol. The third-order valence-electron chi connectivity index (χ3n) is 4.76.